The summed E-state index contributed by atoms with van der Waals surface area (Å²) in [6.45, 7) is 5.75. The Labute approximate surface area is 148 Å². The van der Waals surface area contributed by atoms with E-state index in [1.165, 1.54) is 0 Å². The van der Waals surface area contributed by atoms with Gasteiger partial charge in [0.1, 0.15) is 18.0 Å². The number of nitrogens with zero attached hydrogens (tertiary/aromatic N) is 1. The largest absolute Gasteiger partial charge is 0.491 e. The Morgan fingerprint density at radius 3 is 2.52 bits per heavy atom. The summed E-state index contributed by atoms with van der Waals surface area (Å²) >= 11 is 0. The molecule has 0 radical (unpaired) electrons. The molecule has 5 nitrogen and oxygen atoms in total. The van der Waals surface area contributed by atoms with Gasteiger partial charge in [-0.05, 0) is 43.7 Å². The topological polar surface area (TPSA) is 50.8 Å². The molecule has 0 aromatic heterocycles. The van der Waals surface area contributed by atoms with Crippen LogP contribution in [0.4, 0.5) is 5.69 Å². The van der Waals surface area contributed by atoms with Crippen LogP contribution in [-0.4, -0.2) is 37.7 Å². The lowest BCUT2D eigenvalue weighted by Gasteiger charge is -2.44. The van der Waals surface area contributed by atoms with Crippen molar-refractivity contribution in [1.29, 1.82) is 0 Å². The Kier molecular flexibility index (Phi) is 4.95. The highest BCUT2D eigenvalue weighted by atomic mass is 16.5. The van der Waals surface area contributed by atoms with Crippen molar-refractivity contribution in [2.45, 2.75) is 19.5 Å². The molecule has 1 aliphatic rings. The number of hydrogen-bond acceptors (Lipinski definition) is 4. The van der Waals surface area contributed by atoms with E-state index in [4.69, 9.17) is 9.47 Å². The fourth-order valence-corrected chi connectivity index (χ4v) is 3.01. The minimum atomic E-state index is -0.616. The van der Waals surface area contributed by atoms with Crippen LogP contribution < -0.4 is 10.1 Å². The van der Waals surface area contributed by atoms with Crippen LogP contribution in [0.5, 0.6) is 5.75 Å². The molecule has 1 aliphatic heterocycles. The molecular formula is C20H24N2O3. The summed E-state index contributed by atoms with van der Waals surface area (Å²) in [6, 6.07) is 15.4. The Bertz CT molecular complexity index is 745. The maximum atomic E-state index is 12.7. The quantitative estimate of drug-likeness (QED) is 0.818. The van der Waals surface area contributed by atoms with Crippen molar-refractivity contribution in [3.05, 3.63) is 59.7 Å². The van der Waals surface area contributed by atoms with Crippen molar-refractivity contribution < 1.29 is 14.3 Å². The molecule has 0 fully saturated rings. The molecule has 2 aromatic carbocycles. The standard InChI is InChI=1S/C20H24N2O3/c1-4-24-13-14-25-16-11-9-15(10-12-16)20(2)21-18-8-6-5-7-17(18)19(23)22(20)3/h5-12,21H,4,13-14H2,1-3H3. The molecule has 25 heavy (non-hydrogen) atoms. The van der Waals surface area contributed by atoms with Gasteiger partial charge in [0, 0.05) is 19.3 Å². The molecule has 1 amide bonds. The van der Waals surface area contributed by atoms with Gasteiger partial charge in [-0.2, -0.15) is 0 Å². The number of amides is 1. The van der Waals surface area contributed by atoms with Gasteiger partial charge in [-0.3, -0.25) is 4.79 Å². The predicted molar refractivity (Wildman–Crippen MR) is 97.9 cm³/mol. The first-order chi connectivity index (χ1) is 12.1. The smallest absolute Gasteiger partial charge is 0.257 e. The van der Waals surface area contributed by atoms with E-state index >= 15 is 0 Å². The molecule has 1 N–H and O–H groups in total. The van der Waals surface area contributed by atoms with Crippen molar-refractivity contribution in [1.82, 2.24) is 4.90 Å². The van der Waals surface area contributed by atoms with E-state index in [1.54, 1.807) is 4.90 Å². The summed E-state index contributed by atoms with van der Waals surface area (Å²) < 4.78 is 10.9. The number of benzene rings is 2. The average molecular weight is 340 g/mol. The molecule has 0 saturated heterocycles. The molecule has 2 aromatic rings. The third-order valence-corrected chi connectivity index (χ3v) is 4.63. The average Bonchev–Trinajstić information content (AvgIpc) is 2.64. The van der Waals surface area contributed by atoms with E-state index in [0.29, 0.717) is 25.4 Å². The third-order valence-electron chi connectivity index (χ3n) is 4.63. The van der Waals surface area contributed by atoms with Crippen molar-refractivity contribution in [2.24, 2.45) is 0 Å². The van der Waals surface area contributed by atoms with E-state index in [-0.39, 0.29) is 5.91 Å². The second kappa shape index (κ2) is 7.15. The van der Waals surface area contributed by atoms with Crippen LogP contribution in [0.1, 0.15) is 29.8 Å². The van der Waals surface area contributed by atoms with Crippen molar-refractivity contribution in [3.63, 3.8) is 0 Å². The van der Waals surface area contributed by atoms with Gasteiger partial charge in [-0.1, -0.05) is 24.3 Å². The molecule has 5 heteroatoms. The number of ether oxygens (including phenoxy) is 2. The van der Waals surface area contributed by atoms with E-state index in [1.807, 2.05) is 69.4 Å². The molecule has 0 aliphatic carbocycles. The molecule has 1 unspecified atom stereocenters. The lowest BCUT2D eigenvalue weighted by atomic mass is 9.94. The Hall–Kier alpha value is -2.53. The maximum Gasteiger partial charge on any atom is 0.257 e. The summed E-state index contributed by atoms with van der Waals surface area (Å²) in [5, 5.41) is 3.49. The highest BCUT2D eigenvalue weighted by Crippen LogP contribution is 2.37. The third kappa shape index (κ3) is 3.33. The number of para-hydroxylation sites is 1. The van der Waals surface area contributed by atoms with E-state index in [2.05, 4.69) is 5.32 Å². The maximum absolute atomic E-state index is 12.7. The number of nitrogens with one attached hydrogen (secondary N) is 1. The molecule has 1 atom stereocenters. The van der Waals surface area contributed by atoms with Gasteiger partial charge >= 0.3 is 0 Å². The first-order valence-corrected chi connectivity index (χ1v) is 8.52. The zero-order valence-electron chi connectivity index (χ0n) is 14.9. The lowest BCUT2D eigenvalue weighted by molar-refractivity contribution is 0.0615. The molecule has 3 rings (SSSR count). The number of hydrogen-bond donors (Lipinski definition) is 1. The number of anilines is 1. The summed E-state index contributed by atoms with van der Waals surface area (Å²) in [4.78, 5) is 14.5. The van der Waals surface area contributed by atoms with Crippen LogP contribution in [-0.2, 0) is 10.4 Å². The van der Waals surface area contributed by atoms with Crippen molar-refractivity contribution >= 4 is 11.6 Å². The van der Waals surface area contributed by atoms with Crippen molar-refractivity contribution in [3.8, 4) is 5.75 Å². The summed E-state index contributed by atoms with van der Waals surface area (Å²) in [7, 11) is 1.82. The Balaban J connectivity index is 1.80. The first-order valence-electron chi connectivity index (χ1n) is 8.52. The van der Waals surface area contributed by atoms with Gasteiger partial charge in [0.2, 0.25) is 0 Å². The van der Waals surface area contributed by atoms with Gasteiger partial charge in [0.05, 0.1) is 12.2 Å². The van der Waals surface area contributed by atoms with Crippen molar-refractivity contribution in [2.75, 3.05) is 32.2 Å². The fraction of sp³-hybridized carbons (Fsp3) is 0.350. The van der Waals surface area contributed by atoms with Gasteiger partial charge in [0.15, 0.2) is 0 Å². The molecular weight excluding hydrogens is 316 g/mol. The van der Waals surface area contributed by atoms with Gasteiger partial charge < -0.3 is 19.7 Å². The molecule has 0 saturated carbocycles. The van der Waals surface area contributed by atoms with E-state index in [0.717, 1.165) is 17.0 Å². The monoisotopic (exact) mass is 340 g/mol. The molecule has 132 valence electrons. The van der Waals surface area contributed by atoms with Crippen LogP contribution in [0.25, 0.3) is 0 Å². The number of carbonyl (C=O) groups is 1. The minimum absolute atomic E-state index is 0.00823. The zero-order chi connectivity index (χ0) is 17.9. The van der Waals surface area contributed by atoms with E-state index in [9.17, 15) is 4.79 Å². The normalized spacial score (nSPS) is 19.3. The highest BCUT2D eigenvalue weighted by molar-refractivity contribution is 6.02. The van der Waals surface area contributed by atoms with Crippen LogP contribution in [0.2, 0.25) is 0 Å². The fourth-order valence-electron chi connectivity index (χ4n) is 3.01. The van der Waals surface area contributed by atoms with Gasteiger partial charge in [-0.25, -0.2) is 0 Å². The summed E-state index contributed by atoms with van der Waals surface area (Å²) in [5.74, 6) is 0.797. The van der Waals surface area contributed by atoms with Crippen LogP contribution in [0, 0.1) is 0 Å². The first kappa shape index (κ1) is 17.3. The highest BCUT2D eigenvalue weighted by Gasteiger charge is 2.40. The lowest BCUT2D eigenvalue weighted by Crippen LogP contribution is -2.53. The molecule has 1 heterocycles. The Morgan fingerprint density at radius 2 is 1.80 bits per heavy atom. The minimum Gasteiger partial charge on any atom is -0.491 e. The number of rotatable bonds is 6. The number of fused-ring (bicyclic) bond motifs is 1. The summed E-state index contributed by atoms with van der Waals surface area (Å²) in [5.41, 5.74) is 1.92. The molecule has 0 bridgehead atoms. The predicted octanol–water partition coefficient (Wildman–Crippen LogP) is 3.47. The second-order valence-corrected chi connectivity index (χ2v) is 6.18. The Morgan fingerprint density at radius 1 is 1.08 bits per heavy atom. The van der Waals surface area contributed by atoms with Crippen LogP contribution in [0.15, 0.2) is 48.5 Å². The summed E-state index contributed by atoms with van der Waals surface area (Å²) in [6.07, 6.45) is 0. The van der Waals surface area contributed by atoms with Gasteiger partial charge in [-0.15, -0.1) is 0 Å². The van der Waals surface area contributed by atoms with Crippen LogP contribution in [0.3, 0.4) is 0 Å². The SMILES string of the molecule is CCOCCOc1ccc(C2(C)Nc3ccccc3C(=O)N2C)cc1. The second-order valence-electron chi connectivity index (χ2n) is 6.18. The van der Waals surface area contributed by atoms with Crippen LogP contribution >= 0.6 is 0 Å². The molecule has 0 spiro atoms. The van der Waals surface area contributed by atoms with E-state index < -0.39 is 5.66 Å². The zero-order valence-corrected chi connectivity index (χ0v) is 14.9. The number of carbonyl (C=O) groups excluding carboxylic acids is 1. The van der Waals surface area contributed by atoms with Gasteiger partial charge in [0.25, 0.3) is 5.91 Å².